The molecule has 0 saturated heterocycles. The molecule has 6 heteroatoms. The third kappa shape index (κ3) is 3.07. The molecule has 2 aromatic heterocycles. The summed E-state index contributed by atoms with van der Waals surface area (Å²) in [5.74, 6) is 5.59. The average Bonchev–Trinajstić information content (AvgIpc) is 2.78. The Morgan fingerprint density at radius 3 is 2.94 bits per heavy atom. The highest BCUT2D eigenvalue weighted by Crippen LogP contribution is 2.24. The number of nitrogens with two attached hydrogens (primary N) is 1. The zero-order valence-corrected chi connectivity index (χ0v) is 10.9. The van der Waals surface area contributed by atoms with Gasteiger partial charge in [-0.05, 0) is 30.0 Å². The summed E-state index contributed by atoms with van der Waals surface area (Å²) in [4.78, 5) is 3.97. The van der Waals surface area contributed by atoms with E-state index in [1.165, 1.54) is 5.56 Å². The maximum absolute atomic E-state index is 6.11. The molecular formula is C12H16ClN5. The molecule has 1 unspecified atom stereocenters. The standard InChI is InChI=1S/C12H16ClN5/c1-18-8-9(6-16-18)2-3-12(17-14)10-4-5-15-7-11(10)13/h4-8,12,17H,2-3,14H2,1H3. The summed E-state index contributed by atoms with van der Waals surface area (Å²) < 4.78 is 1.79. The molecule has 0 bridgehead atoms. The Morgan fingerprint density at radius 2 is 2.33 bits per heavy atom. The van der Waals surface area contributed by atoms with Crippen molar-refractivity contribution >= 4 is 11.6 Å². The van der Waals surface area contributed by atoms with E-state index in [1.807, 2.05) is 25.5 Å². The molecule has 1 atom stereocenters. The number of nitrogens with one attached hydrogen (secondary N) is 1. The van der Waals surface area contributed by atoms with Crippen LogP contribution in [0.25, 0.3) is 0 Å². The van der Waals surface area contributed by atoms with Crippen molar-refractivity contribution < 1.29 is 0 Å². The third-order valence-corrected chi connectivity index (χ3v) is 3.18. The Bertz CT molecular complexity index is 511. The molecule has 0 radical (unpaired) electrons. The lowest BCUT2D eigenvalue weighted by Gasteiger charge is -2.16. The fourth-order valence-corrected chi connectivity index (χ4v) is 2.16. The molecule has 96 valence electrons. The van der Waals surface area contributed by atoms with E-state index in [0.717, 1.165) is 18.4 Å². The maximum atomic E-state index is 6.11. The monoisotopic (exact) mass is 265 g/mol. The molecule has 0 aliphatic rings. The molecule has 2 aromatic rings. The molecule has 5 nitrogen and oxygen atoms in total. The molecule has 18 heavy (non-hydrogen) atoms. The number of aryl methyl sites for hydroxylation is 2. The number of hydrazine groups is 1. The number of pyridine rings is 1. The van der Waals surface area contributed by atoms with E-state index >= 15 is 0 Å². The molecule has 2 heterocycles. The van der Waals surface area contributed by atoms with E-state index in [9.17, 15) is 0 Å². The second-order valence-electron chi connectivity index (χ2n) is 4.18. The topological polar surface area (TPSA) is 68.8 Å². The van der Waals surface area contributed by atoms with Gasteiger partial charge in [0.25, 0.3) is 0 Å². The van der Waals surface area contributed by atoms with Crippen molar-refractivity contribution in [2.75, 3.05) is 0 Å². The van der Waals surface area contributed by atoms with Crippen LogP contribution in [0.15, 0.2) is 30.9 Å². The van der Waals surface area contributed by atoms with Gasteiger partial charge in [0.1, 0.15) is 0 Å². The second-order valence-corrected chi connectivity index (χ2v) is 4.58. The van der Waals surface area contributed by atoms with E-state index in [4.69, 9.17) is 17.4 Å². The van der Waals surface area contributed by atoms with Crippen LogP contribution in [0.1, 0.15) is 23.6 Å². The first-order valence-corrected chi connectivity index (χ1v) is 6.11. The Morgan fingerprint density at radius 1 is 1.50 bits per heavy atom. The van der Waals surface area contributed by atoms with Gasteiger partial charge in [-0.3, -0.25) is 20.9 Å². The minimum atomic E-state index is 0.0145. The van der Waals surface area contributed by atoms with Crippen LogP contribution in [0.3, 0.4) is 0 Å². The second kappa shape index (κ2) is 5.95. The fraction of sp³-hybridized carbons (Fsp3) is 0.333. The van der Waals surface area contributed by atoms with Crippen molar-refractivity contribution in [1.29, 1.82) is 0 Å². The summed E-state index contributed by atoms with van der Waals surface area (Å²) in [5, 5.41) is 4.77. The Kier molecular flexibility index (Phi) is 4.30. The summed E-state index contributed by atoms with van der Waals surface area (Å²) in [5.41, 5.74) is 4.95. The van der Waals surface area contributed by atoms with Gasteiger partial charge in [-0.1, -0.05) is 11.6 Å². The van der Waals surface area contributed by atoms with Crippen molar-refractivity contribution in [1.82, 2.24) is 20.2 Å². The SMILES string of the molecule is Cn1cc(CCC(NN)c2ccncc2Cl)cn1. The minimum absolute atomic E-state index is 0.0145. The maximum Gasteiger partial charge on any atom is 0.0637 e. The zero-order chi connectivity index (χ0) is 13.0. The molecule has 0 spiro atoms. The Hall–Kier alpha value is -1.43. The zero-order valence-electron chi connectivity index (χ0n) is 10.2. The third-order valence-electron chi connectivity index (χ3n) is 2.86. The van der Waals surface area contributed by atoms with Crippen molar-refractivity contribution in [3.05, 3.63) is 47.0 Å². The average molecular weight is 266 g/mol. The molecule has 0 aliphatic carbocycles. The molecule has 0 saturated carbocycles. The number of hydrogen-bond donors (Lipinski definition) is 2. The highest BCUT2D eigenvalue weighted by atomic mass is 35.5. The summed E-state index contributed by atoms with van der Waals surface area (Å²) >= 11 is 6.11. The number of aromatic nitrogens is 3. The van der Waals surface area contributed by atoms with Gasteiger partial charge in [0.15, 0.2) is 0 Å². The molecular weight excluding hydrogens is 250 g/mol. The number of nitrogens with zero attached hydrogens (tertiary/aromatic N) is 3. The first-order valence-electron chi connectivity index (χ1n) is 5.73. The lowest BCUT2D eigenvalue weighted by Crippen LogP contribution is -2.28. The number of hydrogen-bond acceptors (Lipinski definition) is 4. The summed E-state index contributed by atoms with van der Waals surface area (Å²) in [6, 6.07) is 1.90. The lowest BCUT2D eigenvalue weighted by molar-refractivity contribution is 0.516. The van der Waals surface area contributed by atoms with Crippen LogP contribution in [-0.4, -0.2) is 14.8 Å². The van der Waals surface area contributed by atoms with Crippen LogP contribution in [0.4, 0.5) is 0 Å². The summed E-state index contributed by atoms with van der Waals surface area (Å²) in [6.07, 6.45) is 8.96. The van der Waals surface area contributed by atoms with E-state index in [1.54, 1.807) is 17.1 Å². The van der Waals surface area contributed by atoms with Crippen molar-refractivity contribution in [2.45, 2.75) is 18.9 Å². The van der Waals surface area contributed by atoms with Crippen LogP contribution in [0, 0.1) is 0 Å². The van der Waals surface area contributed by atoms with Crippen molar-refractivity contribution in [3.8, 4) is 0 Å². The van der Waals surface area contributed by atoms with Crippen LogP contribution in [0.2, 0.25) is 5.02 Å². The van der Waals surface area contributed by atoms with Crippen molar-refractivity contribution in [2.24, 2.45) is 12.9 Å². The largest absolute Gasteiger partial charge is 0.276 e. The van der Waals surface area contributed by atoms with Gasteiger partial charge in [0.05, 0.1) is 11.2 Å². The van der Waals surface area contributed by atoms with Gasteiger partial charge in [0, 0.05) is 31.7 Å². The van der Waals surface area contributed by atoms with Crippen LogP contribution in [-0.2, 0) is 13.5 Å². The molecule has 0 fully saturated rings. The predicted octanol–water partition coefficient (Wildman–Crippen LogP) is 1.61. The van der Waals surface area contributed by atoms with E-state index in [-0.39, 0.29) is 6.04 Å². The Balaban J connectivity index is 2.04. The quantitative estimate of drug-likeness (QED) is 0.637. The normalized spacial score (nSPS) is 12.6. The highest BCUT2D eigenvalue weighted by Gasteiger charge is 2.13. The van der Waals surface area contributed by atoms with Gasteiger partial charge in [-0.25, -0.2) is 0 Å². The molecule has 0 aliphatic heterocycles. The van der Waals surface area contributed by atoms with E-state index in [2.05, 4.69) is 15.5 Å². The van der Waals surface area contributed by atoms with Gasteiger partial charge in [-0.2, -0.15) is 5.10 Å². The smallest absolute Gasteiger partial charge is 0.0637 e. The summed E-state index contributed by atoms with van der Waals surface area (Å²) in [6.45, 7) is 0. The molecule has 2 rings (SSSR count). The first kappa shape index (κ1) is 13.0. The van der Waals surface area contributed by atoms with Gasteiger partial charge in [0.2, 0.25) is 0 Å². The highest BCUT2D eigenvalue weighted by molar-refractivity contribution is 6.31. The minimum Gasteiger partial charge on any atom is -0.276 e. The molecule has 0 amide bonds. The number of rotatable bonds is 5. The van der Waals surface area contributed by atoms with Crippen LogP contribution < -0.4 is 11.3 Å². The van der Waals surface area contributed by atoms with E-state index < -0.39 is 0 Å². The number of halogens is 1. The first-order chi connectivity index (χ1) is 8.70. The van der Waals surface area contributed by atoms with Gasteiger partial charge < -0.3 is 0 Å². The van der Waals surface area contributed by atoms with Crippen molar-refractivity contribution in [3.63, 3.8) is 0 Å². The van der Waals surface area contributed by atoms with Gasteiger partial charge >= 0.3 is 0 Å². The molecule has 0 aromatic carbocycles. The molecule has 3 N–H and O–H groups in total. The van der Waals surface area contributed by atoms with E-state index in [0.29, 0.717) is 5.02 Å². The summed E-state index contributed by atoms with van der Waals surface area (Å²) in [7, 11) is 1.90. The van der Waals surface area contributed by atoms with Crippen LogP contribution in [0.5, 0.6) is 0 Å². The Labute approximate surface area is 111 Å². The van der Waals surface area contributed by atoms with Gasteiger partial charge in [-0.15, -0.1) is 0 Å². The van der Waals surface area contributed by atoms with Crippen LogP contribution >= 0.6 is 11.6 Å². The fourth-order valence-electron chi connectivity index (χ4n) is 1.91. The predicted molar refractivity (Wildman–Crippen MR) is 70.8 cm³/mol. The lowest BCUT2D eigenvalue weighted by atomic mass is 10.0.